The fraction of sp³-hybridized carbons (Fsp3) is 0.417. The third-order valence-electron chi connectivity index (χ3n) is 5.53. The largest absolute Gasteiger partial charge is 0.464 e. The number of nitrogens with two attached hydrogens (primary N) is 1. The van der Waals surface area contributed by atoms with Gasteiger partial charge < -0.3 is 15.0 Å². The lowest BCUT2D eigenvalue weighted by molar-refractivity contribution is -0.143. The van der Waals surface area contributed by atoms with E-state index in [1.165, 1.54) is 22.7 Å². The summed E-state index contributed by atoms with van der Waals surface area (Å²) < 4.78 is 32.2. The second kappa shape index (κ2) is 12.1. The van der Waals surface area contributed by atoms with E-state index in [1.54, 1.807) is 12.1 Å². The van der Waals surface area contributed by atoms with E-state index in [4.69, 9.17) is 19.5 Å². The van der Waals surface area contributed by atoms with Crippen LogP contribution in [0.1, 0.15) is 32.1 Å². The first kappa shape index (κ1) is 27.1. The number of nitrogens with zero attached hydrogens (tertiary/aromatic N) is 3. The number of rotatable bonds is 11. The molecule has 0 saturated carbocycles. The predicted molar refractivity (Wildman–Crippen MR) is 142 cm³/mol. The van der Waals surface area contributed by atoms with Crippen molar-refractivity contribution in [3.63, 3.8) is 0 Å². The quantitative estimate of drug-likeness (QED) is 0.267. The molecule has 4 rings (SSSR count). The molecule has 11 nitrogen and oxygen atoms in total. The molecule has 13 heteroatoms. The van der Waals surface area contributed by atoms with Crippen LogP contribution < -0.4 is 21.0 Å². The first-order chi connectivity index (χ1) is 17.7. The highest BCUT2D eigenvalue weighted by atomic mass is 32.2. The molecule has 0 bridgehead atoms. The van der Waals surface area contributed by atoms with Crippen molar-refractivity contribution >= 4 is 42.2 Å². The van der Waals surface area contributed by atoms with Crippen LogP contribution in [0.2, 0.25) is 0 Å². The molecule has 1 aliphatic rings. The van der Waals surface area contributed by atoms with Crippen molar-refractivity contribution in [2.45, 2.75) is 37.3 Å². The molecule has 3 N–H and O–H groups in total. The molecule has 1 aliphatic heterocycles. The molecule has 2 aromatic carbocycles. The SMILES string of the molecule is CC(C)COC(=O)CNP(=O)(OCC1CC[C@H](n2cnc(N)nc2=O)S1)Oc1cccc2ccccc12. The van der Waals surface area contributed by atoms with Crippen LogP contribution in [-0.4, -0.2) is 45.5 Å². The number of thioether (sulfide) groups is 1. The summed E-state index contributed by atoms with van der Waals surface area (Å²) in [7, 11) is -3.98. The number of anilines is 1. The van der Waals surface area contributed by atoms with Crippen LogP contribution in [0.25, 0.3) is 10.8 Å². The summed E-state index contributed by atoms with van der Waals surface area (Å²) in [5, 5.41) is 4.05. The van der Waals surface area contributed by atoms with Crippen molar-refractivity contribution in [3.8, 4) is 5.75 Å². The number of esters is 1. The highest BCUT2D eigenvalue weighted by molar-refractivity contribution is 8.00. The molecule has 198 valence electrons. The fourth-order valence-electron chi connectivity index (χ4n) is 3.73. The van der Waals surface area contributed by atoms with Crippen molar-refractivity contribution in [1.29, 1.82) is 0 Å². The molecule has 2 unspecified atom stereocenters. The van der Waals surface area contributed by atoms with Crippen LogP contribution >= 0.6 is 19.5 Å². The number of carbonyl (C=O) groups is 1. The van der Waals surface area contributed by atoms with Gasteiger partial charge in [0.25, 0.3) is 0 Å². The molecule has 1 aromatic heterocycles. The normalized spacial score (nSPS) is 19.1. The third-order valence-corrected chi connectivity index (χ3v) is 8.54. The molecule has 0 spiro atoms. The van der Waals surface area contributed by atoms with Gasteiger partial charge in [0.2, 0.25) is 5.95 Å². The number of nitrogens with one attached hydrogen (secondary N) is 1. The van der Waals surface area contributed by atoms with E-state index in [-0.39, 0.29) is 42.2 Å². The topological polar surface area (TPSA) is 148 Å². The second-order valence-corrected chi connectivity index (χ2v) is 12.2. The smallest absolute Gasteiger partial charge is 0.459 e. The van der Waals surface area contributed by atoms with Gasteiger partial charge in [-0.2, -0.15) is 4.98 Å². The van der Waals surface area contributed by atoms with E-state index < -0.39 is 19.4 Å². The van der Waals surface area contributed by atoms with Crippen LogP contribution in [0, 0.1) is 5.92 Å². The molecule has 0 radical (unpaired) electrons. The number of aromatic nitrogens is 3. The lowest BCUT2D eigenvalue weighted by Crippen LogP contribution is -2.27. The van der Waals surface area contributed by atoms with E-state index in [9.17, 15) is 14.2 Å². The van der Waals surface area contributed by atoms with Gasteiger partial charge in [-0.1, -0.05) is 50.2 Å². The summed E-state index contributed by atoms with van der Waals surface area (Å²) in [6.45, 7) is 3.84. The minimum absolute atomic E-state index is 0.0713. The number of carbonyl (C=O) groups excluding carboxylic acids is 1. The first-order valence-electron chi connectivity index (χ1n) is 11.9. The monoisotopic (exact) mass is 547 g/mol. The Kier molecular flexibility index (Phi) is 8.86. The minimum atomic E-state index is -3.98. The van der Waals surface area contributed by atoms with Gasteiger partial charge >= 0.3 is 19.4 Å². The molecular weight excluding hydrogens is 517 g/mol. The number of fused-ring (bicyclic) bond motifs is 1. The van der Waals surface area contributed by atoms with Crippen molar-refractivity contribution in [2.75, 3.05) is 25.5 Å². The Labute approximate surface area is 218 Å². The molecule has 2 heterocycles. The predicted octanol–water partition coefficient (Wildman–Crippen LogP) is 3.76. The highest BCUT2D eigenvalue weighted by Gasteiger charge is 2.33. The van der Waals surface area contributed by atoms with Gasteiger partial charge in [-0.05, 0) is 30.2 Å². The minimum Gasteiger partial charge on any atom is -0.464 e. The lowest BCUT2D eigenvalue weighted by atomic mass is 10.1. The average Bonchev–Trinajstić information content (AvgIpc) is 3.34. The maximum Gasteiger partial charge on any atom is 0.459 e. The van der Waals surface area contributed by atoms with Crippen molar-refractivity contribution in [2.24, 2.45) is 5.92 Å². The zero-order valence-corrected chi connectivity index (χ0v) is 22.3. The van der Waals surface area contributed by atoms with E-state index in [0.29, 0.717) is 18.6 Å². The maximum atomic E-state index is 13.8. The number of benzene rings is 2. The molecule has 0 amide bonds. The Morgan fingerprint density at radius 3 is 2.81 bits per heavy atom. The molecule has 37 heavy (non-hydrogen) atoms. The zero-order valence-electron chi connectivity index (χ0n) is 20.6. The Morgan fingerprint density at radius 1 is 1.24 bits per heavy atom. The van der Waals surface area contributed by atoms with Crippen LogP contribution in [0.5, 0.6) is 5.75 Å². The summed E-state index contributed by atoms with van der Waals surface area (Å²) >= 11 is 1.49. The van der Waals surface area contributed by atoms with Crippen LogP contribution in [0.4, 0.5) is 5.95 Å². The van der Waals surface area contributed by atoms with Crippen molar-refractivity contribution in [3.05, 3.63) is 59.3 Å². The summed E-state index contributed by atoms with van der Waals surface area (Å²) in [4.78, 5) is 32.0. The van der Waals surface area contributed by atoms with E-state index in [0.717, 1.165) is 10.8 Å². The summed E-state index contributed by atoms with van der Waals surface area (Å²) in [5.41, 5.74) is 5.01. The number of ether oxygens (including phenoxy) is 1. The first-order valence-corrected chi connectivity index (χ1v) is 14.4. The van der Waals surface area contributed by atoms with Gasteiger partial charge in [-0.15, -0.1) is 11.8 Å². The second-order valence-electron chi connectivity index (χ2n) is 8.97. The molecule has 0 aliphatic carbocycles. The van der Waals surface area contributed by atoms with Gasteiger partial charge in [-0.25, -0.2) is 19.4 Å². The number of hydrogen-bond acceptors (Lipinski definition) is 10. The summed E-state index contributed by atoms with van der Waals surface area (Å²) in [6, 6.07) is 12.9. The maximum absolute atomic E-state index is 13.8. The average molecular weight is 548 g/mol. The van der Waals surface area contributed by atoms with Gasteiger partial charge in [0, 0.05) is 10.6 Å². The Bertz CT molecular complexity index is 1350. The van der Waals surface area contributed by atoms with Gasteiger partial charge in [0.1, 0.15) is 18.6 Å². The van der Waals surface area contributed by atoms with E-state index >= 15 is 0 Å². The summed E-state index contributed by atoms with van der Waals surface area (Å²) in [6.07, 6.45) is 2.76. The van der Waals surface area contributed by atoms with Crippen LogP contribution in [0.3, 0.4) is 0 Å². The lowest BCUT2D eigenvalue weighted by Gasteiger charge is -2.22. The number of nitrogen functional groups attached to an aromatic ring is 1. The van der Waals surface area contributed by atoms with Crippen molar-refractivity contribution < 1.29 is 23.1 Å². The Hall–Kier alpha value is -2.92. The van der Waals surface area contributed by atoms with Crippen LogP contribution in [0.15, 0.2) is 53.6 Å². The molecule has 1 saturated heterocycles. The standard InChI is InChI=1S/C24H30N5O6PS/c1-16(2)13-33-22(30)12-27-36(32,35-20-9-5-7-17-6-3-4-8-19(17)20)34-14-18-10-11-21(37-18)29-15-26-23(25)28-24(29)31/h3-9,15-16,18,21H,10-14H2,1-2H3,(H,27,32)(H2,25,28,31)/t18?,21-,36?/m1/s1. The summed E-state index contributed by atoms with van der Waals surface area (Å²) in [5.74, 6) is -0.0945. The number of hydrogen-bond donors (Lipinski definition) is 2. The van der Waals surface area contributed by atoms with Crippen molar-refractivity contribution in [1.82, 2.24) is 19.6 Å². The van der Waals surface area contributed by atoms with E-state index in [1.807, 2.05) is 44.2 Å². The van der Waals surface area contributed by atoms with Crippen LogP contribution in [-0.2, 0) is 18.6 Å². The van der Waals surface area contributed by atoms with Gasteiger partial charge in [0.05, 0.1) is 18.6 Å². The third kappa shape index (κ3) is 7.32. The van der Waals surface area contributed by atoms with Gasteiger partial charge in [0.15, 0.2) is 0 Å². The molecule has 3 aromatic rings. The van der Waals surface area contributed by atoms with E-state index in [2.05, 4.69) is 15.1 Å². The fourth-order valence-corrected chi connectivity index (χ4v) is 6.57. The highest BCUT2D eigenvalue weighted by Crippen LogP contribution is 2.48. The molecular formula is C24H30N5O6PS. The van der Waals surface area contributed by atoms with Gasteiger partial charge in [-0.3, -0.25) is 13.9 Å². The molecule has 1 fully saturated rings. The Balaban J connectivity index is 1.46. The molecule has 3 atom stereocenters. The Morgan fingerprint density at radius 2 is 2.03 bits per heavy atom. The zero-order chi connectivity index (χ0) is 26.4.